The number of carbonyl (C=O) groups excluding carboxylic acids is 1. The smallest absolute Gasteiger partial charge is 0.367 e. The zero-order valence-corrected chi connectivity index (χ0v) is 13.2. The number of aromatic nitrogens is 2. The molecule has 1 fully saturated rings. The van der Waals surface area contributed by atoms with E-state index in [1.807, 2.05) is 4.90 Å². The van der Waals surface area contributed by atoms with Crippen molar-refractivity contribution in [1.29, 1.82) is 0 Å². The molecule has 23 heavy (non-hydrogen) atoms. The molecule has 0 radical (unpaired) electrons. The molecule has 1 aromatic rings. The molecule has 0 unspecified atom stereocenters. The fourth-order valence-electron chi connectivity index (χ4n) is 1.92. The van der Waals surface area contributed by atoms with Crippen LogP contribution in [0.4, 0.5) is 18.9 Å². The monoisotopic (exact) mass is 332 g/mol. The van der Waals surface area contributed by atoms with E-state index in [1.165, 1.54) is 0 Å². The maximum atomic E-state index is 12.4. The number of carbonyl (C=O) groups is 1. The molecule has 0 saturated carbocycles. The van der Waals surface area contributed by atoms with Crippen LogP contribution in [0.15, 0.2) is 12.4 Å². The van der Waals surface area contributed by atoms with Crippen LogP contribution in [0.5, 0.6) is 0 Å². The highest BCUT2D eigenvalue weighted by molar-refractivity contribution is 5.75. The van der Waals surface area contributed by atoms with Crippen molar-refractivity contribution in [3.8, 4) is 0 Å². The van der Waals surface area contributed by atoms with Gasteiger partial charge in [0.2, 0.25) is 5.82 Å². The zero-order chi connectivity index (χ0) is 17.3. The Bertz CT molecular complexity index is 547. The van der Waals surface area contributed by atoms with Gasteiger partial charge < -0.3 is 9.74 Å². The molecule has 1 aromatic heterocycles. The second-order valence-electron chi connectivity index (χ2n) is 6.31. The van der Waals surface area contributed by atoms with Gasteiger partial charge in [-0.1, -0.05) is 0 Å². The van der Waals surface area contributed by atoms with E-state index in [4.69, 9.17) is 4.84 Å². The van der Waals surface area contributed by atoms with E-state index in [1.54, 1.807) is 25.8 Å². The van der Waals surface area contributed by atoms with Crippen molar-refractivity contribution < 1.29 is 22.8 Å². The van der Waals surface area contributed by atoms with E-state index in [-0.39, 0.29) is 5.97 Å². The van der Waals surface area contributed by atoms with Gasteiger partial charge in [-0.05, 0) is 20.8 Å². The molecule has 128 valence electrons. The van der Waals surface area contributed by atoms with Gasteiger partial charge in [0, 0.05) is 13.1 Å². The Morgan fingerprint density at radius 1 is 1.09 bits per heavy atom. The second-order valence-corrected chi connectivity index (χ2v) is 6.31. The first-order valence-electron chi connectivity index (χ1n) is 7.19. The summed E-state index contributed by atoms with van der Waals surface area (Å²) in [7, 11) is 0. The number of hydroxylamine groups is 2. The molecule has 1 saturated heterocycles. The molecular weight excluding hydrogens is 313 g/mol. The largest absolute Gasteiger partial charge is 0.451 e. The Labute approximate surface area is 132 Å². The molecule has 0 aromatic carbocycles. The summed E-state index contributed by atoms with van der Waals surface area (Å²) < 4.78 is 37.3. The average molecular weight is 332 g/mol. The lowest BCUT2D eigenvalue weighted by Crippen LogP contribution is -2.48. The molecule has 1 aliphatic rings. The Morgan fingerprint density at radius 3 is 2.04 bits per heavy atom. The highest BCUT2D eigenvalue weighted by Gasteiger charge is 2.34. The summed E-state index contributed by atoms with van der Waals surface area (Å²) in [6.45, 7) is 7.24. The van der Waals surface area contributed by atoms with Crippen molar-refractivity contribution in [2.75, 3.05) is 31.1 Å². The molecule has 9 heteroatoms. The highest BCUT2D eigenvalue weighted by Crippen LogP contribution is 2.26. The lowest BCUT2D eigenvalue weighted by Gasteiger charge is -2.35. The number of hydrogen-bond acceptors (Lipinski definition) is 6. The summed E-state index contributed by atoms with van der Waals surface area (Å²) in [6, 6.07) is 0. The summed E-state index contributed by atoms with van der Waals surface area (Å²) >= 11 is 0. The maximum absolute atomic E-state index is 12.4. The molecule has 2 rings (SSSR count). The summed E-state index contributed by atoms with van der Waals surface area (Å²) in [5.41, 5.74) is -0.0712. The third-order valence-electron chi connectivity index (χ3n) is 3.32. The summed E-state index contributed by atoms with van der Waals surface area (Å²) in [4.78, 5) is 25.6. The van der Waals surface area contributed by atoms with Crippen molar-refractivity contribution in [3.63, 3.8) is 0 Å². The fraction of sp³-hybridized carbons (Fsp3) is 0.643. The van der Waals surface area contributed by atoms with Crippen LogP contribution >= 0.6 is 0 Å². The topological polar surface area (TPSA) is 58.6 Å². The molecule has 0 N–H and O–H groups in total. The quantitative estimate of drug-likeness (QED) is 0.827. The minimum Gasteiger partial charge on any atom is -0.367 e. The van der Waals surface area contributed by atoms with Gasteiger partial charge in [0.15, 0.2) is 0 Å². The van der Waals surface area contributed by atoms with E-state index in [9.17, 15) is 18.0 Å². The van der Waals surface area contributed by atoms with E-state index >= 15 is 0 Å². The van der Waals surface area contributed by atoms with Crippen LogP contribution in [0.25, 0.3) is 0 Å². The Morgan fingerprint density at radius 2 is 1.61 bits per heavy atom. The van der Waals surface area contributed by atoms with Gasteiger partial charge in [0.05, 0.1) is 36.6 Å². The predicted octanol–water partition coefficient (Wildman–Crippen LogP) is 2.12. The van der Waals surface area contributed by atoms with Gasteiger partial charge in [0.25, 0.3) is 0 Å². The van der Waals surface area contributed by atoms with Crippen LogP contribution in [0.1, 0.15) is 26.6 Å². The van der Waals surface area contributed by atoms with Crippen molar-refractivity contribution in [2.24, 2.45) is 5.41 Å². The van der Waals surface area contributed by atoms with Gasteiger partial charge in [-0.15, -0.1) is 5.06 Å². The van der Waals surface area contributed by atoms with Crippen molar-refractivity contribution in [2.45, 2.75) is 26.9 Å². The highest BCUT2D eigenvalue weighted by atomic mass is 19.4. The van der Waals surface area contributed by atoms with E-state index in [0.29, 0.717) is 31.9 Å². The Hall–Kier alpha value is -1.90. The van der Waals surface area contributed by atoms with Gasteiger partial charge in [-0.25, -0.2) is 14.8 Å². The van der Waals surface area contributed by atoms with Crippen LogP contribution in [-0.2, 0) is 15.8 Å². The van der Waals surface area contributed by atoms with E-state index in [2.05, 4.69) is 9.97 Å². The van der Waals surface area contributed by atoms with Crippen LogP contribution in [-0.4, -0.2) is 47.2 Å². The number of alkyl halides is 3. The molecule has 0 spiro atoms. The lowest BCUT2D eigenvalue weighted by molar-refractivity contribution is -0.201. The third-order valence-corrected chi connectivity index (χ3v) is 3.32. The Balaban J connectivity index is 1.91. The van der Waals surface area contributed by atoms with Crippen molar-refractivity contribution >= 4 is 11.7 Å². The van der Waals surface area contributed by atoms with Crippen molar-refractivity contribution in [3.05, 3.63) is 18.2 Å². The second kappa shape index (κ2) is 6.31. The minimum absolute atomic E-state index is 0.316. The first-order valence-corrected chi connectivity index (χ1v) is 7.19. The molecule has 0 atom stereocenters. The van der Waals surface area contributed by atoms with Gasteiger partial charge in [-0.2, -0.15) is 13.2 Å². The van der Waals surface area contributed by atoms with Gasteiger partial charge >= 0.3 is 12.1 Å². The van der Waals surface area contributed by atoms with Crippen LogP contribution in [0.3, 0.4) is 0 Å². The number of anilines is 1. The molecule has 0 aliphatic carbocycles. The number of halogens is 3. The summed E-state index contributed by atoms with van der Waals surface area (Å²) in [5, 5.41) is 1.56. The predicted molar refractivity (Wildman–Crippen MR) is 76.4 cm³/mol. The van der Waals surface area contributed by atoms with Crippen LogP contribution in [0, 0.1) is 5.41 Å². The van der Waals surface area contributed by atoms with E-state index < -0.39 is 17.4 Å². The molecule has 2 heterocycles. The first kappa shape index (κ1) is 17.5. The minimum atomic E-state index is -4.54. The van der Waals surface area contributed by atoms with Crippen LogP contribution < -0.4 is 4.90 Å². The SMILES string of the molecule is CC(C)(C)C(=O)ON1CCN(c2cnc(C(F)(F)F)nc2)CC1. The number of rotatable bonds is 2. The molecule has 0 amide bonds. The van der Waals surface area contributed by atoms with E-state index in [0.717, 1.165) is 12.4 Å². The Kier molecular flexibility index (Phi) is 4.79. The molecular formula is C14H19F3N4O2. The van der Waals surface area contributed by atoms with Gasteiger partial charge in [-0.3, -0.25) is 0 Å². The fourth-order valence-corrected chi connectivity index (χ4v) is 1.92. The lowest BCUT2D eigenvalue weighted by atomic mass is 9.98. The summed E-state index contributed by atoms with van der Waals surface area (Å²) in [5.74, 6) is -1.47. The number of piperazine rings is 1. The first-order chi connectivity index (χ1) is 10.6. The normalized spacial score (nSPS) is 17.2. The van der Waals surface area contributed by atoms with Crippen molar-refractivity contribution in [1.82, 2.24) is 15.0 Å². The molecule has 6 nitrogen and oxygen atoms in total. The number of nitrogens with zero attached hydrogens (tertiary/aromatic N) is 4. The van der Waals surface area contributed by atoms with Crippen LogP contribution in [0.2, 0.25) is 0 Å². The standard InChI is InChI=1S/C14H19F3N4O2/c1-13(2,3)12(22)23-21-6-4-20(5-7-21)10-8-18-11(19-9-10)14(15,16)17/h8-9H,4-7H2,1-3H3. The maximum Gasteiger partial charge on any atom is 0.451 e. The molecule has 1 aliphatic heterocycles. The van der Waals surface area contributed by atoms with Gasteiger partial charge in [0.1, 0.15) is 0 Å². The average Bonchev–Trinajstić information content (AvgIpc) is 2.46. The zero-order valence-electron chi connectivity index (χ0n) is 13.2. The molecule has 0 bridgehead atoms. The third kappa shape index (κ3) is 4.54. The number of hydrogen-bond donors (Lipinski definition) is 0. The summed E-state index contributed by atoms with van der Waals surface area (Å²) in [6.07, 6.45) is -2.22.